The van der Waals surface area contributed by atoms with Crippen LogP contribution in [0, 0.1) is 5.21 Å². The third-order valence-electron chi connectivity index (χ3n) is 4.85. The summed E-state index contributed by atoms with van der Waals surface area (Å²) in [5.41, 5.74) is 1.74. The molecule has 0 radical (unpaired) electrons. The molecule has 1 aliphatic carbocycles. The van der Waals surface area contributed by atoms with Gasteiger partial charge in [0.15, 0.2) is 0 Å². The SMILES string of the molecule is COCc1cnc(N2CCCCC2)nc1[NH+]([O-])c1cc(C2CC2)[nH]n1. The van der Waals surface area contributed by atoms with Crippen LogP contribution in [-0.4, -0.2) is 40.4 Å². The van der Waals surface area contributed by atoms with Crippen LogP contribution < -0.4 is 9.96 Å². The maximum Gasteiger partial charge on any atom is 0.251 e. The second kappa shape index (κ2) is 7.07. The van der Waals surface area contributed by atoms with Crippen LogP contribution in [0.2, 0.25) is 0 Å². The first kappa shape index (κ1) is 16.4. The van der Waals surface area contributed by atoms with Gasteiger partial charge in [0, 0.05) is 44.1 Å². The molecule has 134 valence electrons. The third-order valence-corrected chi connectivity index (χ3v) is 4.85. The predicted octanol–water partition coefficient (Wildman–Crippen LogP) is 1.56. The molecule has 2 fully saturated rings. The van der Waals surface area contributed by atoms with Gasteiger partial charge in [-0.3, -0.25) is 10.2 Å². The molecule has 8 heteroatoms. The van der Waals surface area contributed by atoms with E-state index in [1.807, 2.05) is 6.07 Å². The Morgan fingerprint density at radius 2 is 2.12 bits per heavy atom. The first-order valence-corrected chi connectivity index (χ1v) is 8.96. The van der Waals surface area contributed by atoms with Crippen molar-refractivity contribution in [3.05, 3.63) is 28.7 Å². The summed E-state index contributed by atoms with van der Waals surface area (Å²) in [6, 6.07) is 1.86. The van der Waals surface area contributed by atoms with Crippen LogP contribution in [-0.2, 0) is 11.3 Å². The molecule has 0 amide bonds. The van der Waals surface area contributed by atoms with Gasteiger partial charge in [0.25, 0.3) is 5.82 Å². The largest absolute Gasteiger partial charge is 0.621 e. The first-order chi connectivity index (χ1) is 12.3. The van der Waals surface area contributed by atoms with Crippen molar-refractivity contribution >= 4 is 17.6 Å². The summed E-state index contributed by atoms with van der Waals surface area (Å²) in [5, 5.41) is 20.0. The van der Waals surface area contributed by atoms with E-state index in [1.54, 1.807) is 13.3 Å². The molecule has 1 saturated heterocycles. The highest BCUT2D eigenvalue weighted by Gasteiger charge is 2.28. The summed E-state index contributed by atoms with van der Waals surface area (Å²) in [6.07, 6.45) is 7.55. The van der Waals surface area contributed by atoms with E-state index < -0.39 is 0 Å². The molecular weight excluding hydrogens is 320 g/mol. The Morgan fingerprint density at radius 1 is 1.32 bits per heavy atom. The van der Waals surface area contributed by atoms with Gasteiger partial charge in [-0.05, 0) is 32.1 Å². The highest BCUT2D eigenvalue weighted by atomic mass is 16.5. The number of rotatable bonds is 6. The van der Waals surface area contributed by atoms with E-state index in [9.17, 15) is 5.21 Å². The van der Waals surface area contributed by atoms with E-state index in [4.69, 9.17) is 4.74 Å². The molecular formula is C17H24N6O2. The summed E-state index contributed by atoms with van der Waals surface area (Å²) in [5.74, 6) is 1.97. The maximum absolute atomic E-state index is 13.0. The van der Waals surface area contributed by atoms with Crippen LogP contribution >= 0.6 is 0 Å². The zero-order valence-electron chi connectivity index (χ0n) is 14.5. The van der Waals surface area contributed by atoms with Gasteiger partial charge in [-0.15, -0.1) is 5.10 Å². The second-order valence-electron chi connectivity index (χ2n) is 6.84. The zero-order chi connectivity index (χ0) is 17.2. The van der Waals surface area contributed by atoms with Crippen molar-refractivity contribution in [2.45, 2.75) is 44.6 Å². The summed E-state index contributed by atoms with van der Waals surface area (Å²) in [7, 11) is 1.60. The second-order valence-corrected chi connectivity index (χ2v) is 6.84. The number of hydrogen-bond acceptors (Lipinski definition) is 6. The Morgan fingerprint density at radius 3 is 2.84 bits per heavy atom. The average Bonchev–Trinajstić information content (AvgIpc) is 3.39. The Bertz CT molecular complexity index is 724. The summed E-state index contributed by atoms with van der Waals surface area (Å²) < 4.78 is 5.22. The molecule has 1 unspecified atom stereocenters. The molecule has 8 nitrogen and oxygen atoms in total. The van der Waals surface area contributed by atoms with E-state index in [-0.39, 0.29) is 5.06 Å². The monoisotopic (exact) mass is 344 g/mol. The number of methoxy groups -OCH3 is 1. The number of ether oxygens (including phenoxy) is 1. The Labute approximate surface area is 146 Å². The lowest BCUT2D eigenvalue weighted by Gasteiger charge is -2.28. The average molecular weight is 344 g/mol. The van der Waals surface area contributed by atoms with Crippen LogP contribution in [0.1, 0.15) is 49.3 Å². The lowest BCUT2D eigenvalue weighted by Crippen LogP contribution is -2.97. The molecule has 2 aromatic rings. The fourth-order valence-electron chi connectivity index (χ4n) is 3.28. The number of aromatic nitrogens is 4. The molecule has 0 aromatic carbocycles. The van der Waals surface area contributed by atoms with E-state index in [2.05, 4.69) is 25.1 Å². The van der Waals surface area contributed by atoms with Crippen LogP contribution in [0.25, 0.3) is 0 Å². The van der Waals surface area contributed by atoms with E-state index in [1.165, 1.54) is 6.42 Å². The standard InChI is InChI=1S/C17H24N6O2/c1-25-11-13-10-18-17(22-7-3-2-4-8-22)19-16(13)23(24)15-9-14(20-21-15)12-5-6-12/h9-10,12,23H,2-8,11H2,1H3,(H,20,21). The summed E-state index contributed by atoms with van der Waals surface area (Å²) in [6.45, 7) is 2.18. The molecule has 0 spiro atoms. The number of quaternary nitrogens is 1. The molecule has 0 bridgehead atoms. The predicted molar refractivity (Wildman–Crippen MR) is 93.0 cm³/mol. The fraction of sp³-hybridized carbons (Fsp3) is 0.588. The number of piperidine rings is 1. The highest BCUT2D eigenvalue weighted by molar-refractivity contribution is 5.42. The number of anilines is 1. The maximum atomic E-state index is 13.0. The lowest BCUT2D eigenvalue weighted by molar-refractivity contribution is -0.705. The van der Waals surface area contributed by atoms with Crippen LogP contribution in [0.15, 0.2) is 12.3 Å². The van der Waals surface area contributed by atoms with Crippen LogP contribution in [0.5, 0.6) is 0 Å². The Balaban J connectivity index is 1.63. The molecule has 2 N–H and O–H groups in total. The van der Waals surface area contributed by atoms with E-state index in [0.29, 0.717) is 35.7 Å². The highest BCUT2D eigenvalue weighted by Crippen LogP contribution is 2.39. The van der Waals surface area contributed by atoms with Crippen molar-refractivity contribution < 1.29 is 9.80 Å². The minimum absolute atomic E-state index is 0.171. The third kappa shape index (κ3) is 3.51. The molecule has 1 aliphatic heterocycles. The number of aromatic amines is 1. The fourth-order valence-corrected chi connectivity index (χ4v) is 3.28. The van der Waals surface area contributed by atoms with Gasteiger partial charge in [0.1, 0.15) is 0 Å². The van der Waals surface area contributed by atoms with Crippen molar-refractivity contribution in [2.75, 3.05) is 25.1 Å². The van der Waals surface area contributed by atoms with Crippen LogP contribution in [0.3, 0.4) is 0 Å². The molecule has 1 atom stereocenters. The molecule has 3 heterocycles. The Hall–Kier alpha value is -2.03. The number of H-pyrrole nitrogens is 1. The molecule has 1 saturated carbocycles. The van der Waals surface area contributed by atoms with E-state index >= 15 is 0 Å². The van der Waals surface area contributed by atoms with Crippen LogP contribution in [0.4, 0.5) is 17.6 Å². The number of hydrogen-bond donors (Lipinski definition) is 2. The van der Waals surface area contributed by atoms with E-state index in [0.717, 1.165) is 44.5 Å². The first-order valence-electron chi connectivity index (χ1n) is 8.96. The van der Waals surface area contributed by atoms with Crippen molar-refractivity contribution in [2.24, 2.45) is 0 Å². The Kier molecular flexibility index (Phi) is 4.65. The summed E-state index contributed by atoms with van der Waals surface area (Å²) in [4.78, 5) is 11.2. The van der Waals surface area contributed by atoms with Gasteiger partial charge < -0.3 is 14.8 Å². The van der Waals surface area contributed by atoms with Gasteiger partial charge in [0.05, 0.1) is 12.2 Å². The van der Waals surface area contributed by atoms with Gasteiger partial charge in [-0.25, -0.2) is 4.98 Å². The van der Waals surface area contributed by atoms with Gasteiger partial charge in [0.2, 0.25) is 11.8 Å². The van der Waals surface area contributed by atoms with Crippen molar-refractivity contribution in [1.29, 1.82) is 0 Å². The smallest absolute Gasteiger partial charge is 0.251 e. The zero-order valence-corrected chi connectivity index (χ0v) is 14.5. The quantitative estimate of drug-likeness (QED) is 0.772. The minimum atomic E-state index is -0.171. The van der Waals surface area contributed by atoms with Gasteiger partial charge in [-0.1, -0.05) is 0 Å². The van der Waals surface area contributed by atoms with Crippen molar-refractivity contribution in [1.82, 2.24) is 20.2 Å². The lowest BCUT2D eigenvalue weighted by atomic mass is 10.1. The van der Waals surface area contributed by atoms with Crippen molar-refractivity contribution in [3.8, 4) is 0 Å². The number of nitrogens with one attached hydrogen (secondary N) is 2. The molecule has 25 heavy (non-hydrogen) atoms. The summed E-state index contributed by atoms with van der Waals surface area (Å²) >= 11 is 0. The van der Waals surface area contributed by atoms with Gasteiger partial charge >= 0.3 is 0 Å². The van der Waals surface area contributed by atoms with Gasteiger partial charge in [-0.2, -0.15) is 4.98 Å². The molecule has 4 rings (SSSR count). The number of nitrogens with zero attached hydrogens (tertiary/aromatic N) is 4. The van der Waals surface area contributed by atoms with Crippen molar-refractivity contribution in [3.63, 3.8) is 0 Å². The molecule has 2 aliphatic rings. The normalized spacial score (nSPS) is 19.2. The minimum Gasteiger partial charge on any atom is -0.621 e. The topological polar surface area (TPSA) is 94.4 Å². The molecule has 2 aromatic heterocycles.